The van der Waals surface area contributed by atoms with Crippen LogP contribution in [-0.4, -0.2) is 48.1 Å². The first-order valence-electron chi connectivity index (χ1n) is 14.3. The molecular weight excluding hydrogens is 550 g/mol. The highest BCUT2D eigenvalue weighted by Gasteiger charge is 2.45. The van der Waals surface area contributed by atoms with Crippen molar-refractivity contribution in [2.45, 2.75) is 46.7 Å². The number of rotatable bonds is 11. The SMILES string of the molecule is CCN1C(=O)C(C)(C)C(=O)N(C)c2cc(OCCCNCc3nc(CCn4ccc5ccccc5c4=O)cs3)ccc21. The molecule has 42 heavy (non-hydrogen) atoms. The summed E-state index contributed by atoms with van der Waals surface area (Å²) in [5, 5.41) is 8.18. The Morgan fingerprint density at radius 1 is 1.02 bits per heavy atom. The van der Waals surface area contributed by atoms with E-state index in [4.69, 9.17) is 9.72 Å². The van der Waals surface area contributed by atoms with E-state index in [1.54, 1.807) is 46.6 Å². The molecule has 0 radical (unpaired) electrons. The van der Waals surface area contributed by atoms with Crippen LogP contribution in [0.1, 0.15) is 37.9 Å². The second-order valence-corrected chi connectivity index (χ2v) is 11.9. The van der Waals surface area contributed by atoms with Crippen LogP contribution < -0.4 is 25.4 Å². The Hall–Kier alpha value is -4.02. The summed E-state index contributed by atoms with van der Waals surface area (Å²) in [4.78, 5) is 46.8. The summed E-state index contributed by atoms with van der Waals surface area (Å²) in [6.07, 6.45) is 3.35. The number of anilines is 2. The lowest BCUT2D eigenvalue weighted by Gasteiger charge is -2.27. The Balaban J connectivity index is 1.08. The molecule has 3 heterocycles. The lowest BCUT2D eigenvalue weighted by Crippen LogP contribution is -2.47. The number of aryl methyl sites for hydroxylation is 2. The maximum absolute atomic E-state index is 13.0. The molecule has 10 heteroatoms. The molecule has 0 saturated carbocycles. The third-order valence-electron chi connectivity index (χ3n) is 7.67. The van der Waals surface area contributed by atoms with Gasteiger partial charge in [-0.25, -0.2) is 4.98 Å². The van der Waals surface area contributed by atoms with E-state index in [-0.39, 0.29) is 17.4 Å². The molecule has 0 bridgehead atoms. The first-order chi connectivity index (χ1) is 20.2. The summed E-state index contributed by atoms with van der Waals surface area (Å²) in [6.45, 7) is 8.27. The van der Waals surface area contributed by atoms with Crippen LogP contribution in [0.3, 0.4) is 0 Å². The summed E-state index contributed by atoms with van der Waals surface area (Å²) in [7, 11) is 1.70. The minimum Gasteiger partial charge on any atom is -0.493 e. The van der Waals surface area contributed by atoms with E-state index in [0.29, 0.717) is 49.8 Å². The third-order valence-corrected chi connectivity index (χ3v) is 8.57. The number of carbonyl (C=O) groups excluding carboxylic acids is 2. The number of fused-ring (bicyclic) bond motifs is 2. The molecule has 4 aromatic rings. The van der Waals surface area contributed by atoms with Crippen molar-refractivity contribution >= 4 is 45.3 Å². The Morgan fingerprint density at radius 3 is 2.64 bits per heavy atom. The van der Waals surface area contributed by atoms with Gasteiger partial charge < -0.3 is 24.4 Å². The third kappa shape index (κ3) is 5.96. The van der Waals surface area contributed by atoms with Gasteiger partial charge in [0, 0.05) is 56.1 Å². The highest BCUT2D eigenvalue weighted by molar-refractivity contribution is 7.09. The van der Waals surface area contributed by atoms with Gasteiger partial charge in [-0.1, -0.05) is 18.2 Å². The standard InChI is InChI=1S/C32H37N5O4S/c1-5-37-26-12-11-24(19-27(26)35(4)30(39)32(2,3)31(37)40)41-18-8-15-33-20-28-34-23(21-42-28)14-17-36-16-13-22-9-6-7-10-25(22)29(36)38/h6-7,9-13,16,19,21,33H,5,8,14-15,17-18,20H2,1-4H3. The summed E-state index contributed by atoms with van der Waals surface area (Å²) >= 11 is 1.62. The Labute approximate surface area is 249 Å². The van der Waals surface area contributed by atoms with Crippen molar-refractivity contribution in [3.05, 3.63) is 81.2 Å². The molecular formula is C32H37N5O4S. The fraction of sp³-hybridized carbons (Fsp3) is 0.375. The number of benzene rings is 2. The number of amides is 2. The van der Waals surface area contributed by atoms with Gasteiger partial charge in [0.25, 0.3) is 5.56 Å². The van der Waals surface area contributed by atoms with Gasteiger partial charge in [-0.15, -0.1) is 11.3 Å². The van der Waals surface area contributed by atoms with E-state index in [1.165, 1.54) is 0 Å². The van der Waals surface area contributed by atoms with Crippen molar-refractivity contribution in [2.24, 2.45) is 5.41 Å². The van der Waals surface area contributed by atoms with Gasteiger partial charge in [-0.3, -0.25) is 14.4 Å². The minimum absolute atomic E-state index is 0.0285. The zero-order valence-corrected chi connectivity index (χ0v) is 25.4. The monoisotopic (exact) mass is 587 g/mol. The average Bonchev–Trinajstić information content (AvgIpc) is 3.44. The molecule has 1 aliphatic rings. The van der Waals surface area contributed by atoms with E-state index >= 15 is 0 Å². The number of aromatic nitrogens is 2. The maximum atomic E-state index is 13.0. The average molecular weight is 588 g/mol. The van der Waals surface area contributed by atoms with Gasteiger partial charge in [-0.05, 0) is 63.4 Å². The van der Waals surface area contributed by atoms with Crippen LogP contribution in [0.2, 0.25) is 0 Å². The van der Waals surface area contributed by atoms with E-state index < -0.39 is 5.41 Å². The molecule has 9 nitrogen and oxygen atoms in total. The van der Waals surface area contributed by atoms with Crippen molar-refractivity contribution in [3.8, 4) is 5.75 Å². The number of hydrogen-bond donors (Lipinski definition) is 1. The van der Waals surface area contributed by atoms with Crippen molar-refractivity contribution < 1.29 is 14.3 Å². The number of ether oxygens (including phenoxy) is 1. The number of pyridine rings is 1. The minimum atomic E-state index is -1.13. The van der Waals surface area contributed by atoms with Gasteiger partial charge in [-0.2, -0.15) is 0 Å². The quantitative estimate of drug-likeness (QED) is 0.203. The maximum Gasteiger partial charge on any atom is 0.258 e. The van der Waals surface area contributed by atoms with Crippen LogP contribution in [0.25, 0.3) is 10.8 Å². The van der Waals surface area contributed by atoms with Crippen LogP contribution in [-0.2, 0) is 29.1 Å². The van der Waals surface area contributed by atoms with Crippen LogP contribution in [0, 0.1) is 5.41 Å². The van der Waals surface area contributed by atoms with E-state index in [0.717, 1.165) is 34.4 Å². The van der Waals surface area contributed by atoms with Crippen molar-refractivity contribution in [3.63, 3.8) is 0 Å². The molecule has 1 aliphatic heterocycles. The molecule has 220 valence electrons. The number of nitrogens with zero attached hydrogens (tertiary/aromatic N) is 4. The summed E-state index contributed by atoms with van der Waals surface area (Å²) in [5.41, 5.74) is 1.26. The van der Waals surface area contributed by atoms with Gasteiger partial charge in [0.2, 0.25) is 11.8 Å². The number of nitrogens with one attached hydrogen (secondary N) is 1. The second-order valence-electron chi connectivity index (χ2n) is 11.0. The van der Waals surface area contributed by atoms with Crippen molar-refractivity contribution in [1.29, 1.82) is 0 Å². The molecule has 2 amide bonds. The molecule has 0 fully saturated rings. The summed E-state index contributed by atoms with van der Waals surface area (Å²) in [5.74, 6) is 0.221. The van der Waals surface area contributed by atoms with Gasteiger partial charge in [0.1, 0.15) is 16.2 Å². The van der Waals surface area contributed by atoms with E-state index in [2.05, 4.69) is 10.7 Å². The van der Waals surface area contributed by atoms with Crippen molar-refractivity contribution in [1.82, 2.24) is 14.9 Å². The zero-order chi connectivity index (χ0) is 29.9. The molecule has 2 aromatic heterocycles. The lowest BCUT2D eigenvalue weighted by molar-refractivity contribution is -0.137. The first-order valence-corrected chi connectivity index (χ1v) is 15.2. The van der Waals surface area contributed by atoms with Crippen molar-refractivity contribution in [2.75, 3.05) is 36.5 Å². The van der Waals surface area contributed by atoms with Crippen LogP contribution in [0.5, 0.6) is 5.75 Å². The summed E-state index contributed by atoms with van der Waals surface area (Å²) < 4.78 is 7.74. The van der Waals surface area contributed by atoms with E-state index in [9.17, 15) is 14.4 Å². The summed E-state index contributed by atoms with van der Waals surface area (Å²) in [6, 6.07) is 15.2. The normalized spacial score (nSPS) is 14.8. The number of hydrogen-bond acceptors (Lipinski definition) is 7. The number of carbonyl (C=O) groups is 2. The lowest BCUT2D eigenvalue weighted by atomic mass is 9.90. The van der Waals surface area contributed by atoms with Crippen LogP contribution in [0.4, 0.5) is 11.4 Å². The molecule has 0 aliphatic carbocycles. The molecule has 0 unspecified atom stereocenters. The fourth-order valence-corrected chi connectivity index (χ4v) is 6.04. The zero-order valence-electron chi connectivity index (χ0n) is 24.6. The second kappa shape index (κ2) is 12.5. The Bertz CT molecular complexity index is 1660. The van der Waals surface area contributed by atoms with Gasteiger partial charge >= 0.3 is 0 Å². The fourth-order valence-electron chi connectivity index (χ4n) is 5.24. The molecule has 1 N–H and O–H groups in total. The first kappa shape index (κ1) is 29.5. The molecule has 0 spiro atoms. The smallest absolute Gasteiger partial charge is 0.258 e. The Morgan fingerprint density at radius 2 is 1.83 bits per heavy atom. The highest BCUT2D eigenvalue weighted by atomic mass is 32.1. The largest absolute Gasteiger partial charge is 0.493 e. The van der Waals surface area contributed by atoms with Gasteiger partial charge in [0.05, 0.1) is 23.7 Å². The predicted molar refractivity (Wildman–Crippen MR) is 168 cm³/mol. The molecule has 2 aromatic carbocycles. The number of thiazole rings is 1. The molecule has 5 rings (SSSR count). The van der Waals surface area contributed by atoms with Gasteiger partial charge in [0.15, 0.2) is 0 Å². The molecule has 0 saturated heterocycles. The van der Waals surface area contributed by atoms with Crippen LogP contribution in [0.15, 0.2) is 64.9 Å². The van der Waals surface area contributed by atoms with E-state index in [1.807, 2.05) is 61.7 Å². The molecule has 0 atom stereocenters. The van der Waals surface area contributed by atoms with Crippen LogP contribution >= 0.6 is 11.3 Å². The Kier molecular flexibility index (Phi) is 8.74. The highest BCUT2D eigenvalue weighted by Crippen LogP contribution is 2.40. The topological polar surface area (TPSA) is 96.8 Å². The predicted octanol–water partition coefficient (Wildman–Crippen LogP) is 4.61.